The van der Waals surface area contributed by atoms with E-state index in [4.69, 9.17) is 11.6 Å². The molecule has 0 saturated carbocycles. The summed E-state index contributed by atoms with van der Waals surface area (Å²) in [5.41, 5.74) is 0.793. The van der Waals surface area contributed by atoms with Gasteiger partial charge in [-0.25, -0.2) is 4.98 Å². The summed E-state index contributed by atoms with van der Waals surface area (Å²) in [5.74, 6) is 0.939. The maximum Gasteiger partial charge on any atom is 0.166 e. The van der Waals surface area contributed by atoms with E-state index < -0.39 is 0 Å². The van der Waals surface area contributed by atoms with Gasteiger partial charge in [0.25, 0.3) is 0 Å². The number of imidazole rings is 1. The predicted molar refractivity (Wildman–Crippen MR) is 50.9 cm³/mol. The number of rotatable bonds is 2. The third kappa shape index (κ3) is 1.71. The van der Waals surface area contributed by atoms with Gasteiger partial charge >= 0.3 is 0 Å². The topological polar surface area (TPSA) is 43.6 Å². The second-order valence-electron chi connectivity index (χ2n) is 2.63. The van der Waals surface area contributed by atoms with Crippen molar-refractivity contribution in [3.05, 3.63) is 29.1 Å². The van der Waals surface area contributed by atoms with Crippen molar-refractivity contribution in [3.8, 4) is 0 Å². The molecule has 6 heteroatoms. The van der Waals surface area contributed by atoms with Gasteiger partial charge in [-0.05, 0) is 0 Å². The summed E-state index contributed by atoms with van der Waals surface area (Å²) in [4.78, 5) is 4.17. The minimum atomic E-state index is 0.480. The fraction of sp³-hybridized carbons (Fsp3) is 0.286. The minimum Gasteiger partial charge on any atom is -0.338 e. The Morgan fingerprint density at radius 2 is 2.38 bits per heavy atom. The maximum atomic E-state index is 5.81. The SMILES string of the molecule is Cn1ccnc1Cc1nsnc1Cl. The zero-order chi connectivity index (χ0) is 9.26. The van der Waals surface area contributed by atoms with Gasteiger partial charge in [0.05, 0.1) is 18.1 Å². The van der Waals surface area contributed by atoms with Gasteiger partial charge in [-0.2, -0.15) is 8.75 Å². The molecule has 68 valence electrons. The van der Waals surface area contributed by atoms with E-state index in [9.17, 15) is 0 Å². The molecule has 0 aliphatic rings. The lowest BCUT2D eigenvalue weighted by molar-refractivity contribution is 0.815. The van der Waals surface area contributed by atoms with Crippen LogP contribution in [0.1, 0.15) is 11.5 Å². The monoisotopic (exact) mass is 214 g/mol. The van der Waals surface area contributed by atoms with Crippen LogP contribution in [-0.4, -0.2) is 18.3 Å². The van der Waals surface area contributed by atoms with Crippen molar-refractivity contribution in [3.63, 3.8) is 0 Å². The molecule has 0 atom stereocenters. The Labute approximate surface area is 84.5 Å². The summed E-state index contributed by atoms with van der Waals surface area (Å²) in [6, 6.07) is 0. The number of nitrogens with zero attached hydrogens (tertiary/aromatic N) is 4. The highest BCUT2D eigenvalue weighted by molar-refractivity contribution is 6.99. The molecular weight excluding hydrogens is 208 g/mol. The molecule has 2 rings (SSSR count). The van der Waals surface area contributed by atoms with Gasteiger partial charge in [-0.1, -0.05) is 11.6 Å². The van der Waals surface area contributed by atoms with Crippen LogP contribution in [0, 0.1) is 0 Å². The molecule has 0 bridgehead atoms. The molecule has 2 aromatic rings. The van der Waals surface area contributed by atoms with Crippen LogP contribution in [0.15, 0.2) is 12.4 Å². The molecule has 0 amide bonds. The Hall–Kier alpha value is -0.940. The second-order valence-corrected chi connectivity index (χ2v) is 3.52. The standard InChI is InChI=1S/C7H7ClN4S/c1-12-3-2-9-6(12)4-5-7(8)11-13-10-5/h2-3H,4H2,1H3. The molecule has 0 unspecified atom stereocenters. The van der Waals surface area contributed by atoms with Crippen LogP contribution >= 0.6 is 23.3 Å². The highest BCUT2D eigenvalue weighted by Crippen LogP contribution is 2.15. The molecule has 13 heavy (non-hydrogen) atoms. The van der Waals surface area contributed by atoms with Crippen LogP contribution in [0.3, 0.4) is 0 Å². The normalized spacial score (nSPS) is 10.6. The fourth-order valence-corrected chi connectivity index (χ4v) is 1.74. The van der Waals surface area contributed by atoms with Crippen molar-refractivity contribution in [2.45, 2.75) is 6.42 Å². The number of hydrogen-bond donors (Lipinski definition) is 0. The van der Waals surface area contributed by atoms with Crippen molar-refractivity contribution in [2.75, 3.05) is 0 Å². The molecule has 0 aromatic carbocycles. The van der Waals surface area contributed by atoms with E-state index in [1.165, 1.54) is 0 Å². The second kappa shape index (κ2) is 3.43. The van der Waals surface area contributed by atoms with E-state index in [-0.39, 0.29) is 0 Å². The average molecular weight is 215 g/mol. The van der Waals surface area contributed by atoms with Gasteiger partial charge < -0.3 is 4.57 Å². The summed E-state index contributed by atoms with van der Waals surface area (Å²) in [6.45, 7) is 0. The Balaban J connectivity index is 2.24. The zero-order valence-corrected chi connectivity index (χ0v) is 8.51. The molecule has 0 aliphatic heterocycles. The number of aromatic nitrogens is 4. The van der Waals surface area contributed by atoms with E-state index in [0.717, 1.165) is 23.2 Å². The quantitative estimate of drug-likeness (QED) is 0.761. The van der Waals surface area contributed by atoms with Crippen molar-refractivity contribution in [1.82, 2.24) is 18.3 Å². The molecule has 0 N–H and O–H groups in total. The van der Waals surface area contributed by atoms with Crippen molar-refractivity contribution in [1.29, 1.82) is 0 Å². The fourth-order valence-electron chi connectivity index (χ4n) is 1.02. The van der Waals surface area contributed by atoms with Crippen LogP contribution in [0.5, 0.6) is 0 Å². The van der Waals surface area contributed by atoms with E-state index in [0.29, 0.717) is 11.6 Å². The van der Waals surface area contributed by atoms with Crippen molar-refractivity contribution < 1.29 is 0 Å². The summed E-state index contributed by atoms with van der Waals surface area (Å²) >= 11 is 6.93. The lowest BCUT2D eigenvalue weighted by atomic mass is 10.3. The maximum absolute atomic E-state index is 5.81. The molecule has 0 radical (unpaired) electrons. The predicted octanol–water partition coefficient (Wildman–Crippen LogP) is 1.52. The minimum absolute atomic E-state index is 0.480. The molecule has 0 spiro atoms. The molecular formula is C7H7ClN4S. The van der Waals surface area contributed by atoms with Gasteiger partial charge in [0.15, 0.2) is 5.15 Å². The Morgan fingerprint density at radius 3 is 2.92 bits per heavy atom. The molecule has 4 nitrogen and oxygen atoms in total. The molecule has 0 fully saturated rings. The van der Waals surface area contributed by atoms with E-state index in [2.05, 4.69) is 13.7 Å². The van der Waals surface area contributed by atoms with Crippen molar-refractivity contribution in [2.24, 2.45) is 7.05 Å². The molecule has 0 aliphatic carbocycles. The molecule has 2 aromatic heterocycles. The largest absolute Gasteiger partial charge is 0.338 e. The third-order valence-corrected chi connectivity index (χ3v) is 2.73. The molecule has 0 saturated heterocycles. The lowest BCUT2D eigenvalue weighted by Gasteiger charge is -1.97. The first-order chi connectivity index (χ1) is 6.27. The first kappa shape index (κ1) is 8.65. The number of aryl methyl sites for hydroxylation is 1. The Morgan fingerprint density at radius 1 is 1.54 bits per heavy atom. The smallest absolute Gasteiger partial charge is 0.166 e. The summed E-state index contributed by atoms with van der Waals surface area (Å²) in [6.07, 6.45) is 4.28. The first-order valence-electron chi connectivity index (χ1n) is 3.70. The Bertz CT molecular complexity index is 370. The summed E-state index contributed by atoms with van der Waals surface area (Å²) < 4.78 is 9.90. The van der Waals surface area contributed by atoms with Crippen molar-refractivity contribution >= 4 is 23.3 Å². The van der Waals surface area contributed by atoms with Crippen LogP contribution in [0.25, 0.3) is 0 Å². The van der Waals surface area contributed by atoms with Crippen LogP contribution < -0.4 is 0 Å². The Kier molecular flexibility index (Phi) is 2.28. The van der Waals surface area contributed by atoms with Crippen LogP contribution in [-0.2, 0) is 13.5 Å². The summed E-state index contributed by atoms with van der Waals surface area (Å²) in [5, 5.41) is 0.480. The molecule has 2 heterocycles. The number of hydrogen-bond acceptors (Lipinski definition) is 4. The highest BCUT2D eigenvalue weighted by atomic mass is 35.5. The first-order valence-corrected chi connectivity index (χ1v) is 4.81. The summed E-state index contributed by atoms with van der Waals surface area (Å²) in [7, 11) is 1.94. The van der Waals surface area contributed by atoms with Gasteiger partial charge in [0.1, 0.15) is 11.5 Å². The third-order valence-electron chi connectivity index (χ3n) is 1.76. The lowest BCUT2D eigenvalue weighted by Crippen LogP contribution is -1.98. The van der Waals surface area contributed by atoms with Gasteiger partial charge in [-0.3, -0.25) is 0 Å². The van der Waals surface area contributed by atoms with Gasteiger partial charge in [-0.15, -0.1) is 0 Å². The van der Waals surface area contributed by atoms with Gasteiger partial charge in [0, 0.05) is 19.4 Å². The van der Waals surface area contributed by atoms with Crippen LogP contribution in [0.2, 0.25) is 5.15 Å². The highest BCUT2D eigenvalue weighted by Gasteiger charge is 2.08. The van der Waals surface area contributed by atoms with E-state index in [1.54, 1.807) is 6.20 Å². The average Bonchev–Trinajstić information content (AvgIpc) is 2.65. The number of halogens is 1. The van der Waals surface area contributed by atoms with E-state index in [1.807, 2.05) is 17.8 Å². The zero-order valence-electron chi connectivity index (χ0n) is 6.94. The van der Waals surface area contributed by atoms with E-state index >= 15 is 0 Å². The van der Waals surface area contributed by atoms with Gasteiger partial charge in [0.2, 0.25) is 0 Å². The van der Waals surface area contributed by atoms with Crippen LogP contribution in [0.4, 0.5) is 0 Å².